The summed E-state index contributed by atoms with van der Waals surface area (Å²) in [6, 6.07) is 9.15. The zero-order chi connectivity index (χ0) is 18.4. The lowest BCUT2D eigenvalue weighted by Crippen LogP contribution is -2.42. The molecule has 27 heavy (non-hydrogen) atoms. The van der Waals surface area contributed by atoms with Crippen LogP contribution in [0.1, 0.15) is 51.6 Å². The highest BCUT2D eigenvalue weighted by Gasteiger charge is 2.25. The summed E-state index contributed by atoms with van der Waals surface area (Å²) in [5.41, 5.74) is 1.23. The van der Waals surface area contributed by atoms with Crippen molar-refractivity contribution in [2.75, 3.05) is 32.8 Å². The van der Waals surface area contributed by atoms with Crippen molar-refractivity contribution < 1.29 is 4.74 Å². The van der Waals surface area contributed by atoms with Crippen LogP contribution in [0.15, 0.2) is 29.3 Å². The first-order valence-electron chi connectivity index (χ1n) is 10.2. The molecule has 0 radical (unpaired) electrons. The second-order valence-corrected chi connectivity index (χ2v) is 7.78. The number of nitrogens with zero attached hydrogens (tertiary/aromatic N) is 2. The van der Waals surface area contributed by atoms with Crippen LogP contribution in [-0.2, 0) is 0 Å². The molecule has 2 heterocycles. The summed E-state index contributed by atoms with van der Waals surface area (Å²) in [7, 11) is 0. The fourth-order valence-corrected chi connectivity index (χ4v) is 3.99. The lowest BCUT2D eigenvalue weighted by Gasteiger charge is -2.29. The maximum Gasteiger partial charge on any atom is 0.191 e. The molecule has 0 bridgehead atoms. The summed E-state index contributed by atoms with van der Waals surface area (Å²) in [6.45, 7) is 11.6. The van der Waals surface area contributed by atoms with Crippen molar-refractivity contribution in [2.45, 2.75) is 52.1 Å². The maximum absolute atomic E-state index is 5.78. The SMILES string of the molecule is CCNC(=NC[C@H]1CCCN1CC(C)C)NC1CCOc2ccccc21.I. The average Bonchev–Trinajstić information content (AvgIpc) is 3.06. The number of halogens is 1. The zero-order valence-electron chi connectivity index (χ0n) is 16.9. The number of likely N-dealkylation sites (tertiary alicyclic amines) is 1. The molecule has 2 atom stereocenters. The molecule has 0 amide bonds. The lowest BCUT2D eigenvalue weighted by molar-refractivity contribution is 0.231. The van der Waals surface area contributed by atoms with Gasteiger partial charge in [0.25, 0.3) is 0 Å². The van der Waals surface area contributed by atoms with Crippen LogP contribution in [-0.4, -0.2) is 49.7 Å². The molecule has 0 saturated carbocycles. The van der Waals surface area contributed by atoms with Crippen LogP contribution >= 0.6 is 24.0 Å². The van der Waals surface area contributed by atoms with Gasteiger partial charge >= 0.3 is 0 Å². The molecule has 6 heteroatoms. The Hall–Kier alpha value is -1.02. The van der Waals surface area contributed by atoms with Gasteiger partial charge in [0.15, 0.2) is 5.96 Å². The zero-order valence-corrected chi connectivity index (χ0v) is 19.2. The topological polar surface area (TPSA) is 48.9 Å². The molecule has 2 aliphatic heterocycles. The minimum absolute atomic E-state index is 0. The number of rotatable bonds is 6. The minimum atomic E-state index is 0. The summed E-state index contributed by atoms with van der Waals surface area (Å²) in [4.78, 5) is 7.54. The molecule has 2 N–H and O–H groups in total. The third kappa shape index (κ3) is 6.24. The largest absolute Gasteiger partial charge is 0.493 e. The van der Waals surface area contributed by atoms with Crippen LogP contribution in [0.4, 0.5) is 0 Å². The number of hydrogen-bond donors (Lipinski definition) is 2. The molecule has 0 aromatic heterocycles. The van der Waals surface area contributed by atoms with Gasteiger partial charge in [-0.05, 0) is 38.3 Å². The first-order chi connectivity index (χ1) is 12.7. The molecule has 2 aliphatic rings. The van der Waals surface area contributed by atoms with E-state index in [1.807, 2.05) is 6.07 Å². The number of guanidine groups is 1. The second kappa shape index (κ2) is 11.1. The molecular formula is C21H35IN4O. The van der Waals surface area contributed by atoms with Gasteiger partial charge < -0.3 is 15.4 Å². The quantitative estimate of drug-likeness (QED) is 0.365. The molecule has 3 rings (SSSR count). The fraction of sp³-hybridized carbons (Fsp3) is 0.667. The summed E-state index contributed by atoms with van der Waals surface area (Å²) >= 11 is 0. The van der Waals surface area contributed by atoms with Crippen LogP contribution in [0.2, 0.25) is 0 Å². The molecule has 1 aromatic rings. The van der Waals surface area contributed by atoms with E-state index in [-0.39, 0.29) is 30.0 Å². The van der Waals surface area contributed by atoms with Crippen molar-refractivity contribution in [2.24, 2.45) is 10.9 Å². The third-order valence-corrected chi connectivity index (χ3v) is 5.17. The van der Waals surface area contributed by atoms with E-state index < -0.39 is 0 Å². The maximum atomic E-state index is 5.78. The van der Waals surface area contributed by atoms with Crippen LogP contribution in [0.25, 0.3) is 0 Å². The molecule has 0 spiro atoms. The first kappa shape index (κ1) is 22.3. The molecular weight excluding hydrogens is 451 g/mol. The van der Waals surface area contributed by atoms with E-state index in [4.69, 9.17) is 9.73 Å². The van der Waals surface area contributed by atoms with Crippen molar-refractivity contribution in [3.8, 4) is 5.75 Å². The minimum Gasteiger partial charge on any atom is -0.493 e. The molecule has 1 aromatic carbocycles. The van der Waals surface area contributed by atoms with E-state index in [0.717, 1.165) is 37.8 Å². The Bertz CT molecular complexity index is 608. The van der Waals surface area contributed by atoms with Gasteiger partial charge in [-0.25, -0.2) is 0 Å². The van der Waals surface area contributed by atoms with Crippen LogP contribution in [0.3, 0.4) is 0 Å². The van der Waals surface area contributed by atoms with Crippen molar-refractivity contribution in [3.05, 3.63) is 29.8 Å². The van der Waals surface area contributed by atoms with Crippen LogP contribution < -0.4 is 15.4 Å². The predicted octanol–water partition coefficient (Wildman–Crippen LogP) is 3.80. The number of para-hydroxylation sites is 1. The smallest absolute Gasteiger partial charge is 0.191 e. The Balaban J connectivity index is 0.00000261. The predicted molar refractivity (Wildman–Crippen MR) is 123 cm³/mol. The fourth-order valence-electron chi connectivity index (χ4n) is 3.99. The van der Waals surface area contributed by atoms with E-state index in [2.05, 4.69) is 54.5 Å². The molecule has 5 nitrogen and oxygen atoms in total. The number of benzene rings is 1. The molecule has 1 fully saturated rings. The second-order valence-electron chi connectivity index (χ2n) is 7.78. The Morgan fingerprint density at radius 2 is 2.11 bits per heavy atom. The Kier molecular flexibility index (Phi) is 9.15. The van der Waals surface area contributed by atoms with Crippen molar-refractivity contribution >= 4 is 29.9 Å². The summed E-state index contributed by atoms with van der Waals surface area (Å²) in [5, 5.41) is 7.05. The van der Waals surface area contributed by atoms with Gasteiger partial charge in [-0.1, -0.05) is 32.0 Å². The summed E-state index contributed by atoms with van der Waals surface area (Å²) in [6.07, 6.45) is 3.52. The van der Waals surface area contributed by atoms with E-state index in [0.29, 0.717) is 12.0 Å². The van der Waals surface area contributed by atoms with Gasteiger partial charge in [-0.15, -0.1) is 24.0 Å². The molecule has 1 unspecified atom stereocenters. The number of aliphatic imine (C=N–C) groups is 1. The molecule has 0 aliphatic carbocycles. The number of fused-ring (bicyclic) bond motifs is 1. The standard InChI is InChI=1S/C21H34N4O.HI/c1-4-22-21(23-14-17-8-7-12-25(17)15-16(2)3)24-19-11-13-26-20-10-6-5-9-18(19)20;/h5-6,9-10,16-17,19H,4,7-8,11-15H2,1-3H3,(H2,22,23,24);1H/t17-,19?;/m1./s1. The van der Waals surface area contributed by atoms with E-state index in [1.165, 1.54) is 31.5 Å². The van der Waals surface area contributed by atoms with E-state index in [9.17, 15) is 0 Å². The van der Waals surface area contributed by atoms with Crippen molar-refractivity contribution in [1.29, 1.82) is 0 Å². The van der Waals surface area contributed by atoms with E-state index >= 15 is 0 Å². The third-order valence-electron chi connectivity index (χ3n) is 5.17. The van der Waals surface area contributed by atoms with Gasteiger partial charge in [0.2, 0.25) is 0 Å². The van der Waals surface area contributed by atoms with Gasteiger partial charge in [-0.2, -0.15) is 0 Å². The number of ether oxygens (including phenoxy) is 1. The number of hydrogen-bond acceptors (Lipinski definition) is 3. The Morgan fingerprint density at radius 3 is 2.89 bits per heavy atom. The average molecular weight is 486 g/mol. The Morgan fingerprint density at radius 1 is 1.30 bits per heavy atom. The van der Waals surface area contributed by atoms with E-state index in [1.54, 1.807) is 0 Å². The summed E-state index contributed by atoms with van der Waals surface area (Å²) < 4.78 is 5.78. The van der Waals surface area contributed by atoms with Crippen molar-refractivity contribution in [1.82, 2.24) is 15.5 Å². The lowest BCUT2D eigenvalue weighted by atomic mass is 10.0. The Labute approximate surface area is 181 Å². The van der Waals surface area contributed by atoms with Gasteiger partial charge in [0.05, 0.1) is 19.2 Å². The highest BCUT2D eigenvalue weighted by molar-refractivity contribution is 14.0. The molecule has 152 valence electrons. The normalized spacial score (nSPS) is 22.7. The van der Waals surface area contributed by atoms with Crippen LogP contribution in [0.5, 0.6) is 5.75 Å². The van der Waals surface area contributed by atoms with Gasteiger partial charge in [0.1, 0.15) is 5.75 Å². The monoisotopic (exact) mass is 486 g/mol. The van der Waals surface area contributed by atoms with Crippen molar-refractivity contribution in [3.63, 3.8) is 0 Å². The summed E-state index contributed by atoms with van der Waals surface area (Å²) in [5.74, 6) is 2.63. The molecule has 1 saturated heterocycles. The van der Waals surface area contributed by atoms with Gasteiger partial charge in [0, 0.05) is 31.1 Å². The first-order valence-corrected chi connectivity index (χ1v) is 10.2. The highest BCUT2D eigenvalue weighted by Crippen LogP contribution is 2.31. The highest BCUT2D eigenvalue weighted by atomic mass is 127. The van der Waals surface area contributed by atoms with Crippen LogP contribution in [0, 0.1) is 5.92 Å². The number of nitrogens with one attached hydrogen (secondary N) is 2. The van der Waals surface area contributed by atoms with Gasteiger partial charge in [-0.3, -0.25) is 9.89 Å².